The Morgan fingerprint density at radius 2 is 1.96 bits per heavy atom. The van der Waals surface area contributed by atoms with E-state index in [1.165, 1.54) is 5.56 Å². The average Bonchev–Trinajstić information content (AvgIpc) is 3.10. The fourth-order valence-electron chi connectivity index (χ4n) is 3.36. The quantitative estimate of drug-likeness (QED) is 0.277. The third-order valence-electron chi connectivity index (χ3n) is 4.75. The maximum absolute atomic E-state index is 6.35. The number of hydrogen-bond acceptors (Lipinski definition) is 3. The Morgan fingerprint density at radius 1 is 1.21 bits per heavy atom. The highest BCUT2D eigenvalue weighted by atomic mass is 127. The van der Waals surface area contributed by atoms with Crippen molar-refractivity contribution < 1.29 is 0 Å². The van der Waals surface area contributed by atoms with E-state index in [4.69, 9.17) is 16.6 Å². The molecule has 0 spiro atoms. The zero-order valence-corrected chi connectivity index (χ0v) is 19.7. The maximum atomic E-state index is 6.35. The second-order valence-corrected chi connectivity index (χ2v) is 7.19. The maximum Gasteiger partial charge on any atom is 0.194 e. The van der Waals surface area contributed by atoms with Crippen LogP contribution in [0.3, 0.4) is 0 Å². The van der Waals surface area contributed by atoms with E-state index in [1.54, 1.807) is 0 Å². The Morgan fingerprint density at radius 3 is 2.61 bits per heavy atom. The number of benzene rings is 1. The van der Waals surface area contributed by atoms with E-state index in [0.29, 0.717) is 0 Å². The van der Waals surface area contributed by atoms with Crippen molar-refractivity contribution in [3.63, 3.8) is 0 Å². The number of anilines is 1. The summed E-state index contributed by atoms with van der Waals surface area (Å²) in [5, 5.41) is 8.48. The molecule has 0 amide bonds. The second-order valence-electron chi connectivity index (χ2n) is 6.79. The van der Waals surface area contributed by atoms with Crippen molar-refractivity contribution in [1.82, 2.24) is 20.0 Å². The van der Waals surface area contributed by atoms with Gasteiger partial charge in [-0.2, -0.15) is 5.10 Å². The van der Waals surface area contributed by atoms with Crippen LogP contribution >= 0.6 is 35.6 Å². The molecule has 1 N–H and O–H groups in total. The number of guanidine groups is 1. The molecule has 2 heterocycles. The number of nitrogens with zero attached hydrogens (tertiary/aromatic N) is 5. The third kappa shape index (κ3) is 6.27. The number of aliphatic imine (C=N–C) groups is 1. The molecule has 1 aliphatic heterocycles. The summed E-state index contributed by atoms with van der Waals surface area (Å²) >= 11 is 6.35. The molecule has 1 saturated heterocycles. The van der Waals surface area contributed by atoms with Gasteiger partial charge >= 0.3 is 0 Å². The molecule has 0 atom stereocenters. The summed E-state index contributed by atoms with van der Waals surface area (Å²) in [4.78, 5) is 9.53. The molecule has 0 bridgehead atoms. The average molecular weight is 517 g/mol. The zero-order valence-electron chi connectivity index (χ0n) is 16.6. The van der Waals surface area contributed by atoms with E-state index in [1.807, 2.05) is 36.1 Å². The first kappa shape index (κ1) is 22.8. The van der Waals surface area contributed by atoms with Crippen LogP contribution in [0.5, 0.6) is 0 Å². The number of halogens is 2. The number of nitrogens with one attached hydrogen (secondary N) is 1. The van der Waals surface area contributed by atoms with Gasteiger partial charge in [0.25, 0.3) is 0 Å². The molecule has 3 rings (SSSR count). The Balaban J connectivity index is 0.00000280. The Kier molecular flexibility index (Phi) is 9.37. The largest absolute Gasteiger partial charge is 0.367 e. The first-order valence-electron chi connectivity index (χ1n) is 9.67. The van der Waals surface area contributed by atoms with Gasteiger partial charge in [-0.1, -0.05) is 23.7 Å². The Bertz CT molecular complexity index is 755. The highest BCUT2D eigenvalue weighted by Gasteiger charge is 2.20. The Hall–Kier alpha value is -1.48. The summed E-state index contributed by atoms with van der Waals surface area (Å²) < 4.78 is 1.85. The lowest BCUT2D eigenvalue weighted by Gasteiger charge is -2.38. The summed E-state index contributed by atoms with van der Waals surface area (Å²) in [6.45, 7) is 7.60. The van der Waals surface area contributed by atoms with Gasteiger partial charge in [-0.05, 0) is 37.5 Å². The summed E-state index contributed by atoms with van der Waals surface area (Å²) in [6.07, 6.45) is 6.04. The molecule has 28 heavy (non-hydrogen) atoms. The monoisotopic (exact) mass is 516 g/mol. The van der Waals surface area contributed by atoms with Crippen molar-refractivity contribution in [3.8, 4) is 0 Å². The molecule has 0 unspecified atom stereocenters. The molecule has 0 saturated carbocycles. The standard InChI is InChI=1S/C20H29ClN6.HI/c1-3-22-20(23-10-6-7-17-15-24-25(2)16-17)27-13-11-26(12-14-27)19-9-5-4-8-18(19)21;/h4-5,8-9,15-16H,3,6-7,10-14H2,1-2H3,(H,22,23);1H. The van der Waals surface area contributed by atoms with Crippen LogP contribution in [0.15, 0.2) is 41.7 Å². The molecule has 1 aliphatic rings. The van der Waals surface area contributed by atoms with Crippen LogP contribution in [0.25, 0.3) is 0 Å². The van der Waals surface area contributed by atoms with Crippen LogP contribution in [0, 0.1) is 0 Å². The van der Waals surface area contributed by atoms with Gasteiger partial charge in [-0.15, -0.1) is 24.0 Å². The van der Waals surface area contributed by atoms with Gasteiger partial charge in [-0.3, -0.25) is 9.67 Å². The minimum absolute atomic E-state index is 0. The molecule has 1 fully saturated rings. The van der Waals surface area contributed by atoms with Gasteiger partial charge in [-0.25, -0.2) is 0 Å². The van der Waals surface area contributed by atoms with Crippen molar-refractivity contribution in [1.29, 1.82) is 0 Å². The van der Waals surface area contributed by atoms with Crippen molar-refractivity contribution in [2.75, 3.05) is 44.2 Å². The molecule has 1 aromatic heterocycles. The summed E-state index contributed by atoms with van der Waals surface area (Å²) in [7, 11) is 1.95. The number of aryl methyl sites for hydroxylation is 2. The van der Waals surface area contributed by atoms with Gasteiger partial charge in [0.2, 0.25) is 0 Å². The topological polar surface area (TPSA) is 48.7 Å². The summed E-state index contributed by atoms with van der Waals surface area (Å²) in [6, 6.07) is 8.07. The smallest absolute Gasteiger partial charge is 0.194 e. The van der Waals surface area contributed by atoms with E-state index in [0.717, 1.165) is 68.8 Å². The molecule has 2 aromatic rings. The molecular formula is C20H30ClIN6. The fraction of sp³-hybridized carbons (Fsp3) is 0.500. The van der Waals surface area contributed by atoms with E-state index >= 15 is 0 Å². The highest BCUT2D eigenvalue weighted by molar-refractivity contribution is 14.0. The fourth-order valence-corrected chi connectivity index (χ4v) is 3.62. The third-order valence-corrected chi connectivity index (χ3v) is 5.07. The first-order chi connectivity index (χ1) is 13.2. The van der Waals surface area contributed by atoms with Gasteiger partial charge in [0.1, 0.15) is 0 Å². The second kappa shape index (κ2) is 11.5. The van der Waals surface area contributed by atoms with Crippen LogP contribution in [-0.4, -0.2) is 59.9 Å². The molecule has 154 valence electrons. The Labute approximate surface area is 190 Å². The molecule has 0 aliphatic carbocycles. The highest BCUT2D eigenvalue weighted by Crippen LogP contribution is 2.26. The molecule has 0 radical (unpaired) electrons. The van der Waals surface area contributed by atoms with Gasteiger partial charge in [0, 0.05) is 52.5 Å². The SMILES string of the molecule is CCNC(=NCCCc1cnn(C)c1)N1CCN(c2ccccc2Cl)CC1.I. The molecular weight excluding hydrogens is 487 g/mol. The number of aromatic nitrogens is 2. The number of para-hydroxylation sites is 1. The first-order valence-corrected chi connectivity index (χ1v) is 10.1. The molecule has 1 aromatic carbocycles. The lowest BCUT2D eigenvalue weighted by atomic mass is 10.2. The zero-order chi connectivity index (χ0) is 19.1. The predicted octanol–water partition coefficient (Wildman–Crippen LogP) is 3.41. The van der Waals surface area contributed by atoms with Crippen LogP contribution in [-0.2, 0) is 13.5 Å². The van der Waals surface area contributed by atoms with E-state index in [2.05, 4.69) is 39.4 Å². The van der Waals surface area contributed by atoms with Crippen LogP contribution in [0.4, 0.5) is 5.69 Å². The van der Waals surface area contributed by atoms with E-state index in [9.17, 15) is 0 Å². The van der Waals surface area contributed by atoms with Gasteiger partial charge in [0.05, 0.1) is 16.9 Å². The number of hydrogen-bond donors (Lipinski definition) is 1. The van der Waals surface area contributed by atoms with Gasteiger partial charge in [0.15, 0.2) is 5.96 Å². The van der Waals surface area contributed by atoms with E-state index in [-0.39, 0.29) is 24.0 Å². The number of piperazine rings is 1. The van der Waals surface area contributed by atoms with Gasteiger partial charge < -0.3 is 15.1 Å². The summed E-state index contributed by atoms with van der Waals surface area (Å²) in [5.41, 5.74) is 2.39. The number of rotatable bonds is 6. The lowest BCUT2D eigenvalue weighted by molar-refractivity contribution is 0.372. The minimum Gasteiger partial charge on any atom is -0.367 e. The summed E-state index contributed by atoms with van der Waals surface area (Å²) in [5.74, 6) is 1.02. The van der Waals surface area contributed by atoms with Crippen molar-refractivity contribution in [2.24, 2.45) is 12.0 Å². The van der Waals surface area contributed by atoms with Crippen LogP contribution in [0.1, 0.15) is 18.9 Å². The van der Waals surface area contributed by atoms with Crippen LogP contribution < -0.4 is 10.2 Å². The normalized spacial score (nSPS) is 14.8. The van der Waals surface area contributed by atoms with Crippen LogP contribution in [0.2, 0.25) is 5.02 Å². The minimum atomic E-state index is 0. The lowest BCUT2D eigenvalue weighted by Crippen LogP contribution is -2.52. The predicted molar refractivity (Wildman–Crippen MR) is 128 cm³/mol. The van der Waals surface area contributed by atoms with Crippen molar-refractivity contribution in [3.05, 3.63) is 47.2 Å². The molecule has 8 heteroatoms. The molecule has 6 nitrogen and oxygen atoms in total. The van der Waals surface area contributed by atoms with Crippen molar-refractivity contribution >= 4 is 47.2 Å². The van der Waals surface area contributed by atoms with E-state index < -0.39 is 0 Å². The van der Waals surface area contributed by atoms with Crippen molar-refractivity contribution in [2.45, 2.75) is 19.8 Å².